The number of rotatable bonds is 6. The predicted molar refractivity (Wildman–Crippen MR) is 71.8 cm³/mol. The summed E-state index contributed by atoms with van der Waals surface area (Å²) in [6.07, 6.45) is 6.25. The third kappa shape index (κ3) is 4.87. The maximum absolute atomic E-state index is 11.3. The predicted octanol–water partition coefficient (Wildman–Crippen LogP) is 3.18. The molecular formula is C15H18O3. The Morgan fingerprint density at radius 2 is 2.00 bits per heavy atom. The van der Waals surface area contributed by atoms with Crippen LogP contribution in [0.3, 0.4) is 0 Å². The van der Waals surface area contributed by atoms with Crippen LogP contribution in [-0.2, 0) is 14.3 Å². The highest BCUT2D eigenvalue weighted by molar-refractivity contribution is 5.86. The molecule has 18 heavy (non-hydrogen) atoms. The molecule has 3 heteroatoms. The van der Waals surface area contributed by atoms with Crippen LogP contribution in [0.2, 0.25) is 0 Å². The molecule has 0 saturated heterocycles. The Morgan fingerprint density at radius 1 is 1.28 bits per heavy atom. The summed E-state index contributed by atoms with van der Waals surface area (Å²) in [5.74, 6) is -0.178. The van der Waals surface area contributed by atoms with Crippen molar-refractivity contribution in [1.82, 2.24) is 0 Å². The lowest BCUT2D eigenvalue weighted by molar-refractivity contribution is -0.139. The second-order valence-corrected chi connectivity index (χ2v) is 3.59. The largest absolute Gasteiger partial charge is 0.483 e. The average molecular weight is 246 g/mol. The van der Waals surface area contributed by atoms with Gasteiger partial charge in [0.1, 0.15) is 6.61 Å². The van der Waals surface area contributed by atoms with Crippen molar-refractivity contribution < 1.29 is 14.3 Å². The van der Waals surface area contributed by atoms with Crippen LogP contribution in [0.15, 0.2) is 48.2 Å². The number of hydrogen-bond donors (Lipinski definition) is 0. The minimum atomic E-state index is -0.440. The monoisotopic (exact) mass is 246 g/mol. The molecule has 0 atom stereocenters. The van der Waals surface area contributed by atoms with Crippen molar-refractivity contribution in [3.8, 4) is 0 Å². The van der Waals surface area contributed by atoms with Crippen LogP contribution in [0.1, 0.15) is 18.9 Å². The van der Waals surface area contributed by atoms with Crippen LogP contribution in [0.25, 0.3) is 6.08 Å². The number of methoxy groups -OCH3 is 1. The lowest BCUT2D eigenvalue weighted by Gasteiger charge is -2.05. The van der Waals surface area contributed by atoms with Crippen LogP contribution < -0.4 is 0 Å². The summed E-state index contributed by atoms with van der Waals surface area (Å²) in [5.41, 5.74) is 1.10. The zero-order valence-corrected chi connectivity index (χ0v) is 10.8. The number of carbonyl (C=O) groups excluding carboxylic acids is 1. The fraction of sp³-hybridized carbons (Fsp3) is 0.267. The summed E-state index contributed by atoms with van der Waals surface area (Å²) in [5, 5.41) is 0. The van der Waals surface area contributed by atoms with Crippen molar-refractivity contribution in [1.29, 1.82) is 0 Å². The van der Waals surface area contributed by atoms with E-state index >= 15 is 0 Å². The molecule has 0 heterocycles. The van der Waals surface area contributed by atoms with Crippen molar-refractivity contribution in [2.24, 2.45) is 0 Å². The zero-order valence-electron chi connectivity index (χ0n) is 10.8. The second kappa shape index (κ2) is 8.12. The maximum atomic E-state index is 11.3. The van der Waals surface area contributed by atoms with Gasteiger partial charge < -0.3 is 9.47 Å². The minimum Gasteiger partial charge on any atom is -0.483 e. The van der Waals surface area contributed by atoms with Crippen molar-refractivity contribution in [2.45, 2.75) is 13.3 Å². The Labute approximate surface area is 108 Å². The quantitative estimate of drug-likeness (QED) is 0.439. The number of allylic oxidation sites excluding steroid dienone is 1. The third-order valence-corrected chi connectivity index (χ3v) is 2.22. The molecule has 0 aliphatic rings. The summed E-state index contributed by atoms with van der Waals surface area (Å²) in [6.45, 7) is 2.28. The first kappa shape index (κ1) is 14.0. The first-order valence-electron chi connectivity index (χ1n) is 5.90. The number of hydrogen-bond acceptors (Lipinski definition) is 3. The molecule has 1 rings (SSSR count). The van der Waals surface area contributed by atoms with Gasteiger partial charge in [-0.3, -0.25) is 0 Å². The molecule has 0 amide bonds. The van der Waals surface area contributed by atoms with E-state index in [0.29, 0.717) is 6.61 Å². The fourth-order valence-corrected chi connectivity index (χ4v) is 1.37. The van der Waals surface area contributed by atoms with Gasteiger partial charge in [0.25, 0.3) is 0 Å². The summed E-state index contributed by atoms with van der Waals surface area (Å²) in [6, 6.07) is 9.90. The fourth-order valence-electron chi connectivity index (χ4n) is 1.37. The Morgan fingerprint density at radius 3 is 2.61 bits per heavy atom. The van der Waals surface area contributed by atoms with Gasteiger partial charge in [0.2, 0.25) is 5.76 Å². The van der Waals surface area contributed by atoms with Crippen molar-refractivity contribution in [2.75, 3.05) is 13.7 Å². The Balaban J connectivity index is 2.47. The van der Waals surface area contributed by atoms with Gasteiger partial charge in [0, 0.05) is 0 Å². The Hall–Kier alpha value is -2.03. The summed E-state index contributed by atoms with van der Waals surface area (Å²) >= 11 is 0. The van der Waals surface area contributed by atoms with Gasteiger partial charge in [0.05, 0.1) is 7.11 Å². The molecule has 0 bridgehead atoms. The van der Waals surface area contributed by atoms with Crippen LogP contribution in [0.5, 0.6) is 0 Å². The normalized spacial score (nSPS) is 11.6. The van der Waals surface area contributed by atoms with E-state index in [2.05, 4.69) is 4.74 Å². The van der Waals surface area contributed by atoms with E-state index in [9.17, 15) is 4.79 Å². The summed E-state index contributed by atoms with van der Waals surface area (Å²) in [7, 11) is 1.34. The molecule has 0 aliphatic heterocycles. The lowest BCUT2D eigenvalue weighted by atomic mass is 10.2. The van der Waals surface area contributed by atoms with Gasteiger partial charge in [-0.25, -0.2) is 4.79 Å². The highest BCUT2D eigenvalue weighted by Gasteiger charge is 2.08. The van der Waals surface area contributed by atoms with Crippen molar-refractivity contribution in [3.05, 3.63) is 53.8 Å². The van der Waals surface area contributed by atoms with Gasteiger partial charge in [-0.2, -0.15) is 0 Å². The minimum absolute atomic E-state index is 0.262. The first-order valence-corrected chi connectivity index (χ1v) is 5.90. The standard InChI is InChI=1S/C15H18O3/c1-3-8-14(15(16)17-2)18-12-7-11-13-9-5-4-6-10-13/h4-11H,3,12H2,1-2H3/b11-7+,14-8-. The van der Waals surface area contributed by atoms with E-state index in [-0.39, 0.29) is 5.76 Å². The van der Waals surface area contributed by atoms with E-state index in [1.165, 1.54) is 7.11 Å². The van der Waals surface area contributed by atoms with E-state index in [1.54, 1.807) is 6.08 Å². The van der Waals surface area contributed by atoms with Crippen LogP contribution in [0.4, 0.5) is 0 Å². The van der Waals surface area contributed by atoms with Crippen LogP contribution in [0, 0.1) is 0 Å². The molecule has 96 valence electrons. The van der Waals surface area contributed by atoms with E-state index in [4.69, 9.17) is 4.74 Å². The van der Waals surface area contributed by atoms with Crippen molar-refractivity contribution in [3.63, 3.8) is 0 Å². The molecular weight excluding hydrogens is 228 g/mol. The van der Waals surface area contributed by atoms with Crippen LogP contribution >= 0.6 is 0 Å². The number of ether oxygens (including phenoxy) is 2. The topological polar surface area (TPSA) is 35.5 Å². The molecule has 3 nitrogen and oxygen atoms in total. The highest BCUT2D eigenvalue weighted by atomic mass is 16.6. The Kier molecular flexibility index (Phi) is 6.33. The molecule has 1 aromatic rings. The third-order valence-electron chi connectivity index (χ3n) is 2.22. The van der Waals surface area contributed by atoms with Gasteiger partial charge in [-0.1, -0.05) is 43.3 Å². The lowest BCUT2D eigenvalue weighted by Crippen LogP contribution is -2.08. The molecule has 0 aromatic heterocycles. The smallest absolute Gasteiger partial charge is 0.372 e. The van der Waals surface area contributed by atoms with Crippen molar-refractivity contribution >= 4 is 12.0 Å². The second-order valence-electron chi connectivity index (χ2n) is 3.59. The zero-order chi connectivity index (χ0) is 13.2. The summed E-state index contributed by atoms with van der Waals surface area (Å²) in [4.78, 5) is 11.3. The maximum Gasteiger partial charge on any atom is 0.372 e. The first-order chi connectivity index (χ1) is 8.77. The van der Waals surface area contributed by atoms with Crippen LogP contribution in [-0.4, -0.2) is 19.7 Å². The summed E-state index contributed by atoms with van der Waals surface area (Å²) < 4.78 is 9.98. The molecule has 0 N–H and O–H groups in total. The van der Waals surface area contributed by atoms with Gasteiger partial charge in [-0.15, -0.1) is 0 Å². The molecule has 1 aromatic carbocycles. The molecule has 0 saturated carbocycles. The van der Waals surface area contributed by atoms with Gasteiger partial charge in [0.15, 0.2) is 0 Å². The number of esters is 1. The molecule has 0 unspecified atom stereocenters. The molecule has 0 radical (unpaired) electrons. The molecule has 0 aliphatic carbocycles. The van der Waals surface area contributed by atoms with Gasteiger partial charge in [-0.05, 0) is 24.1 Å². The van der Waals surface area contributed by atoms with Gasteiger partial charge >= 0.3 is 5.97 Å². The molecule has 0 spiro atoms. The average Bonchev–Trinajstić information content (AvgIpc) is 2.42. The molecule has 0 fully saturated rings. The van der Waals surface area contributed by atoms with E-state index in [0.717, 1.165) is 12.0 Å². The highest BCUT2D eigenvalue weighted by Crippen LogP contribution is 2.04. The number of carbonyl (C=O) groups is 1. The Bertz CT molecular complexity index is 419. The number of benzene rings is 1. The van der Waals surface area contributed by atoms with E-state index < -0.39 is 5.97 Å². The SMILES string of the molecule is CC/C=C(\OC/C=C/c1ccccc1)C(=O)OC. The van der Waals surface area contributed by atoms with E-state index in [1.807, 2.05) is 49.4 Å².